The average molecular weight is 808 g/mol. The molecule has 0 aromatic heterocycles. The monoisotopic (exact) mass is 806 g/mol. The molecule has 12 atom stereocenters. The van der Waals surface area contributed by atoms with Gasteiger partial charge < -0.3 is 24.1 Å². The van der Waals surface area contributed by atoms with E-state index in [9.17, 15) is 14.7 Å². The number of benzene rings is 2. The number of carbonyl (C=O) groups is 2. The highest BCUT2D eigenvalue weighted by Gasteiger charge is 2.74. The lowest BCUT2D eigenvalue weighted by Gasteiger charge is -2.72. The number of aliphatic hydroxyl groups is 1. The quantitative estimate of drug-likeness (QED) is 0.266. The summed E-state index contributed by atoms with van der Waals surface area (Å²) in [5.41, 5.74) is -0.540. The van der Waals surface area contributed by atoms with Crippen molar-refractivity contribution in [3.05, 3.63) is 70.2 Å². The molecule has 2 aromatic rings. The van der Waals surface area contributed by atoms with Crippen molar-refractivity contribution in [3.8, 4) is 0 Å². The zero-order valence-corrected chi connectivity index (χ0v) is 35.5. The van der Waals surface area contributed by atoms with Crippen LogP contribution >= 0.6 is 15.9 Å². The Balaban J connectivity index is 1.27. The Morgan fingerprint density at radius 3 is 2.19 bits per heavy atom. The Labute approximate surface area is 331 Å². The molecule has 1 heterocycles. The average Bonchev–Trinajstić information content (AvgIpc) is 3.68. The molecule has 54 heavy (non-hydrogen) atoms. The molecule has 0 radical (unpaired) electrons. The summed E-state index contributed by atoms with van der Waals surface area (Å²) in [5, 5.41) is 11.0. The van der Waals surface area contributed by atoms with Gasteiger partial charge in [-0.2, -0.15) is 0 Å². The summed E-state index contributed by atoms with van der Waals surface area (Å²) in [4.78, 5) is 26.6. The van der Waals surface area contributed by atoms with E-state index in [-0.39, 0.29) is 81.9 Å². The van der Waals surface area contributed by atoms with Crippen LogP contribution in [-0.4, -0.2) is 52.7 Å². The normalized spacial score (nSPS) is 41.3. The predicted molar refractivity (Wildman–Crippen MR) is 212 cm³/mol. The van der Waals surface area contributed by atoms with Crippen LogP contribution in [0.4, 0.5) is 0 Å². The third kappa shape index (κ3) is 6.61. The van der Waals surface area contributed by atoms with E-state index in [1.54, 1.807) is 12.1 Å². The number of fused-ring (bicyclic) bond motifs is 5. The van der Waals surface area contributed by atoms with Crippen LogP contribution in [0, 0.1) is 45.3 Å². The predicted octanol–water partition coefficient (Wildman–Crippen LogP) is 10.1. The Kier molecular flexibility index (Phi) is 10.3. The fourth-order valence-electron chi connectivity index (χ4n) is 13.4. The number of ether oxygens (including phenoxy) is 4. The minimum absolute atomic E-state index is 0.00112. The summed E-state index contributed by atoms with van der Waals surface area (Å²) in [6.45, 7) is 20.0. The Morgan fingerprint density at radius 1 is 0.870 bits per heavy atom. The van der Waals surface area contributed by atoms with E-state index in [1.165, 1.54) is 12.5 Å². The highest BCUT2D eigenvalue weighted by Crippen LogP contribution is 2.77. The topological polar surface area (TPSA) is 91.3 Å². The van der Waals surface area contributed by atoms with Gasteiger partial charge in [-0.1, -0.05) is 80.9 Å². The summed E-state index contributed by atoms with van der Waals surface area (Å²) < 4.78 is 27.9. The molecule has 5 aliphatic rings. The molecule has 4 aliphatic carbocycles. The first-order valence-electron chi connectivity index (χ1n) is 20.4. The third-order valence-electron chi connectivity index (χ3n) is 16.0. The molecule has 8 heteroatoms. The lowest BCUT2D eigenvalue weighted by Crippen LogP contribution is -2.70. The maximum Gasteiger partial charge on any atom is 0.338 e. The van der Waals surface area contributed by atoms with E-state index in [4.69, 9.17) is 18.9 Å². The van der Waals surface area contributed by atoms with Gasteiger partial charge >= 0.3 is 11.9 Å². The molecule has 0 amide bonds. The standard InChI is InChI=1S/C46H63BrO7/c1-28(48)52-34-26-45(8)35(43(6)22-20-36(41(2,3)39(34)43)53-40(49)30-15-17-31(47)18-16-30)25-33(51-27-29-13-11-10-12-14-29)38-32(19-23-44(38,45)7)46(9)24-21-37(54-46)42(4,5)50/h10-18,32-39,50H,19-27H2,1-9H3/t32-,33+,34-,35+,36-,37+,38-,39-,43+,44+,45+,46-/m0/s1. The first-order chi connectivity index (χ1) is 25.2. The molecule has 4 saturated carbocycles. The van der Waals surface area contributed by atoms with Crippen molar-refractivity contribution in [3.63, 3.8) is 0 Å². The van der Waals surface area contributed by atoms with Gasteiger partial charge in [0, 0.05) is 22.7 Å². The zero-order valence-electron chi connectivity index (χ0n) is 34.0. The number of hydrogen-bond donors (Lipinski definition) is 1. The Morgan fingerprint density at radius 2 is 1.56 bits per heavy atom. The second-order valence-corrected chi connectivity index (χ2v) is 20.8. The SMILES string of the molecule is CC(=O)O[C@H]1C[C@]2(C)[C@H](C[C@@H](OCc3ccccc3)[C@@H]3[C@@H]([C@]4(C)CC[C@H](C(C)(C)O)O4)CC[C@]32C)[C@@]2(C)CC[C@H](OC(=O)c3ccc(Br)cc3)C(C)(C)[C@H]12. The van der Waals surface area contributed by atoms with Crippen LogP contribution in [0.2, 0.25) is 0 Å². The lowest BCUT2D eigenvalue weighted by atomic mass is 9.34. The fraction of sp³-hybridized carbons (Fsp3) is 0.696. The van der Waals surface area contributed by atoms with Crippen LogP contribution in [0.3, 0.4) is 0 Å². The summed E-state index contributed by atoms with van der Waals surface area (Å²) in [7, 11) is 0. The number of carbonyl (C=O) groups excluding carboxylic acids is 2. The smallest absolute Gasteiger partial charge is 0.338 e. The van der Waals surface area contributed by atoms with E-state index in [0.717, 1.165) is 55.8 Å². The number of halogens is 1. The van der Waals surface area contributed by atoms with Crippen molar-refractivity contribution in [1.82, 2.24) is 0 Å². The first kappa shape index (κ1) is 40.0. The number of rotatable bonds is 8. The molecule has 7 rings (SSSR count). The highest BCUT2D eigenvalue weighted by atomic mass is 79.9. The minimum atomic E-state index is -0.908. The van der Waals surface area contributed by atoms with Gasteiger partial charge in [-0.05, 0) is 136 Å². The van der Waals surface area contributed by atoms with Gasteiger partial charge in [0.2, 0.25) is 0 Å². The van der Waals surface area contributed by atoms with Gasteiger partial charge in [-0.15, -0.1) is 0 Å². The van der Waals surface area contributed by atoms with Crippen molar-refractivity contribution in [2.45, 2.75) is 156 Å². The molecule has 0 bridgehead atoms. The minimum Gasteiger partial charge on any atom is -0.462 e. The molecule has 1 aliphatic heterocycles. The van der Waals surface area contributed by atoms with Gasteiger partial charge in [0.15, 0.2) is 0 Å². The van der Waals surface area contributed by atoms with E-state index in [2.05, 4.69) is 81.7 Å². The molecule has 0 spiro atoms. The molecule has 7 nitrogen and oxygen atoms in total. The number of hydrogen-bond acceptors (Lipinski definition) is 7. The van der Waals surface area contributed by atoms with Crippen LogP contribution in [0.15, 0.2) is 59.1 Å². The van der Waals surface area contributed by atoms with Crippen molar-refractivity contribution >= 4 is 27.9 Å². The van der Waals surface area contributed by atoms with Gasteiger partial charge in [0.05, 0.1) is 35.6 Å². The molecular formula is C46H63BrO7. The fourth-order valence-corrected chi connectivity index (χ4v) is 13.7. The van der Waals surface area contributed by atoms with Gasteiger partial charge in [0.25, 0.3) is 0 Å². The van der Waals surface area contributed by atoms with Crippen molar-refractivity contribution < 1.29 is 33.6 Å². The van der Waals surface area contributed by atoms with Crippen LogP contribution in [0.1, 0.15) is 130 Å². The highest BCUT2D eigenvalue weighted by molar-refractivity contribution is 9.10. The molecule has 0 unspecified atom stereocenters. The summed E-state index contributed by atoms with van der Waals surface area (Å²) >= 11 is 3.47. The molecule has 5 fully saturated rings. The van der Waals surface area contributed by atoms with Crippen molar-refractivity contribution in [1.29, 1.82) is 0 Å². The second-order valence-electron chi connectivity index (χ2n) is 19.8. The van der Waals surface area contributed by atoms with Crippen LogP contribution < -0.4 is 0 Å². The van der Waals surface area contributed by atoms with E-state index < -0.39 is 11.0 Å². The summed E-state index contributed by atoms with van der Waals surface area (Å²) in [6.07, 6.45) is 6.22. The number of esters is 2. The van der Waals surface area contributed by atoms with Crippen LogP contribution in [0.25, 0.3) is 0 Å². The molecule has 296 valence electrons. The lowest BCUT2D eigenvalue weighted by molar-refractivity contribution is -0.282. The molecule has 2 aromatic carbocycles. The molecular weight excluding hydrogens is 744 g/mol. The first-order valence-corrected chi connectivity index (χ1v) is 21.2. The van der Waals surface area contributed by atoms with E-state index in [0.29, 0.717) is 12.2 Å². The van der Waals surface area contributed by atoms with Gasteiger partial charge in [-0.3, -0.25) is 4.79 Å². The van der Waals surface area contributed by atoms with Gasteiger partial charge in [0.1, 0.15) is 12.2 Å². The van der Waals surface area contributed by atoms with Crippen molar-refractivity contribution in [2.75, 3.05) is 0 Å². The third-order valence-corrected chi connectivity index (χ3v) is 16.5. The molecule has 1 saturated heterocycles. The largest absolute Gasteiger partial charge is 0.462 e. The van der Waals surface area contributed by atoms with E-state index in [1.807, 2.05) is 32.0 Å². The Bertz CT molecular complexity index is 1700. The molecule has 1 N–H and O–H groups in total. The maximum absolute atomic E-state index is 13.6. The maximum atomic E-state index is 13.6. The summed E-state index contributed by atoms with van der Waals surface area (Å²) in [5.74, 6) is 0.163. The van der Waals surface area contributed by atoms with E-state index >= 15 is 0 Å². The van der Waals surface area contributed by atoms with Crippen LogP contribution in [-0.2, 0) is 30.3 Å². The second kappa shape index (κ2) is 14.0. The summed E-state index contributed by atoms with van der Waals surface area (Å²) in [6, 6.07) is 17.8. The van der Waals surface area contributed by atoms with Crippen molar-refractivity contribution in [2.24, 2.45) is 45.3 Å². The zero-order chi connectivity index (χ0) is 39.1. The van der Waals surface area contributed by atoms with Crippen LogP contribution in [0.5, 0.6) is 0 Å². The van der Waals surface area contributed by atoms with Gasteiger partial charge in [-0.25, -0.2) is 4.79 Å². The Hall–Kier alpha value is -2.26.